The van der Waals surface area contributed by atoms with Gasteiger partial charge in [-0.25, -0.2) is 0 Å². The Morgan fingerprint density at radius 2 is 1.92 bits per heavy atom. The maximum atomic E-state index is 8.88. The second-order valence-electron chi connectivity index (χ2n) is 2.95. The molecule has 2 rings (SSSR count). The summed E-state index contributed by atoms with van der Waals surface area (Å²) in [5.41, 5.74) is 3.10. The highest BCUT2D eigenvalue weighted by Crippen LogP contribution is 2.18. The predicted molar refractivity (Wildman–Crippen MR) is 52.2 cm³/mol. The predicted octanol–water partition coefficient (Wildman–Crippen LogP) is 2.17. The van der Waals surface area contributed by atoms with E-state index in [9.17, 15) is 0 Å². The van der Waals surface area contributed by atoms with Gasteiger partial charge < -0.3 is 10.1 Å². The Balaban J connectivity index is 2.36. The van der Waals surface area contributed by atoms with E-state index in [1.807, 2.05) is 42.6 Å². The molecule has 0 unspecified atom stereocenters. The van der Waals surface area contributed by atoms with Crippen LogP contribution in [-0.4, -0.2) is 10.1 Å². The van der Waals surface area contributed by atoms with Crippen molar-refractivity contribution in [3.8, 4) is 11.3 Å². The number of aliphatic hydroxyl groups excluding tert-OH is 1. The SMILES string of the molecule is OCc1c[nH]c(-c2ccccc2)c1. The zero-order chi connectivity index (χ0) is 9.10. The Labute approximate surface area is 76.9 Å². The van der Waals surface area contributed by atoms with E-state index < -0.39 is 0 Å². The van der Waals surface area contributed by atoms with Crippen molar-refractivity contribution in [3.05, 3.63) is 48.2 Å². The number of hydrogen-bond donors (Lipinski definition) is 2. The molecule has 1 aromatic carbocycles. The number of aromatic amines is 1. The number of rotatable bonds is 2. The molecule has 1 heterocycles. The first kappa shape index (κ1) is 8.08. The Hall–Kier alpha value is -1.54. The lowest BCUT2D eigenvalue weighted by molar-refractivity contribution is 0.282. The lowest BCUT2D eigenvalue weighted by Gasteiger charge is -1.94. The molecule has 0 bridgehead atoms. The smallest absolute Gasteiger partial charge is 0.0696 e. The van der Waals surface area contributed by atoms with Crippen LogP contribution in [0.2, 0.25) is 0 Å². The Morgan fingerprint density at radius 3 is 2.54 bits per heavy atom. The first-order valence-electron chi connectivity index (χ1n) is 4.24. The number of nitrogens with one attached hydrogen (secondary N) is 1. The largest absolute Gasteiger partial charge is 0.392 e. The Kier molecular flexibility index (Phi) is 2.15. The molecule has 0 saturated carbocycles. The topological polar surface area (TPSA) is 36.0 Å². The van der Waals surface area contributed by atoms with Crippen LogP contribution in [-0.2, 0) is 6.61 Å². The number of H-pyrrole nitrogens is 1. The van der Waals surface area contributed by atoms with Gasteiger partial charge in [0, 0.05) is 11.9 Å². The molecule has 2 aromatic rings. The fraction of sp³-hybridized carbons (Fsp3) is 0.0909. The number of aliphatic hydroxyl groups is 1. The maximum Gasteiger partial charge on any atom is 0.0696 e. The standard InChI is InChI=1S/C11H11NO/c13-8-9-6-11(12-7-9)10-4-2-1-3-5-10/h1-7,12-13H,8H2. The fourth-order valence-electron chi connectivity index (χ4n) is 1.31. The van der Waals surface area contributed by atoms with Gasteiger partial charge in [-0.15, -0.1) is 0 Å². The summed E-state index contributed by atoms with van der Waals surface area (Å²) in [6.45, 7) is 0.0866. The van der Waals surface area contributed by atoms with Crippen molar-refractivity contribution in [2.75, 3.05) is 0 Å². The van der Waals surface area contributed by atoms with Crippen LogP contribution in [0.3, 0.4) is 0 Å². The molecule has 0 radical (unpaired) electrons. The van der Waals surface area contributed by atoms with Crippen molar-refractivity contribution in [1.29, 1.82) is 0 Å². The van der Waals surface area contributed by atoms with E-state index in [-0.39, 0.29) is 6.61 Å². The average Bonchev–Trinajstić information content (AvgIpc) is 2.67. The highest BCUT2D eigenvalue weighted by molar-refractivity contribution is 5.59. The third-order valence-corrected chi connectivity index (χ3v) is 2.01. The molecule has 2 N–H and O–H groups in total. The van der Waals surface area contributed by atoms with Crippen molar-refractivity contribution in [3.63, 3.8) is 0 Å². The summed E-state index contributed by atoms with van der Waals surface area (Å²) in [5.74, 6) is 0. The summed E-state index contributed by atoms with van der Waals surface area (Å²) in [6, 6.07) is 12.0. The summed E-state index contributed by atoms with van der Waals surface area (Å²) in [5, 5.41) is 8.88. The van der Waals surface area contributed by atoms with Crippen molar-refractivity contribution in [2.24, 2.45) is 0 Å². The number of aromatic nitrogens is 1. The lowest BCUT2D eigenvalue weighted by Crippen LogP contribution is -1.75. The van der Waals surface area contributed by atoms with Gasteiger partial charge in [-0.3, -0.25) is 0 Å². The monoisotopic (exact) mass is 173 g/mol. The fourth-order valence-corrected chi connectivity index (χ4v) is 1.31. The van der Waals surface area contributed by atoms with Crippen LogP contribution in [0.15, 0.2) is 42.6 Å². The van der Waals surface area contributed by atoms with Crippen molar-refractivity contribution in [1.82, 2.24) is 4.98 Å². The highest BCUT2D eigenvalue weighted by Gasteiger charge is 1.99. The number of benzene rings is 1. The van der Waals surface area contributed by atoms with Crippen LogP contribution >= 0.6 is 0 Å². The summed E-state index contributed by atoms with van der Waals surface area (Å²) < 4.78 is 0. The van der Waals surface area contributed by atoms with Gasteiger partial charge in [0.25, 0.3) is 0 Å². The van der Waals surface area contributed by atoms with E-state index in [1.54, 1.807) is 0 Å². The lowest BCUT2D eigenvalue weighted by atomic mass is 10.1. The maximum absolute atomic E-state index is 8.88. The van der Waals surface area contributed by atoms with Gasteiger partial charge in [0.2, 0.25) is 0 Å². The summed E-state index contributed by atoms with van der Waals surface area (Å²) in [6.07, 6.45) is 1.82. The van der Waals surface area contributed by atoms with E-state index in [0.29, 0.717) is 0 Å². The molecule has 0 atom stereocenters. The molecule has 0 saturated heterocycles. The van der Waals surface area contributed by atoms with Gasteiger partial charge in [0.05, 0.1) is 6.61 Å². The van der Waals surface area contributed by atoms with Gasteiger partial charge in [-0.1, -0.05) is 30.3 Å². The van der Waals surface area contributed by atoms with E-state index in [0.717, 1.165) is 16.8 Å². The van der Waals surface area contributed by atoms with Gasteiger partial charge in [-0.2, -0.15) is 0 Å². The normalized spacial score (nSPS) is 10.2. The first-order chi connectivity index (χ1) is 6.40. The number of hydrogen-bond acceptors (Lipinski definition) is 1. The molecule has 66 valence electrons. The van der Waals surface area contributed by atoms with Crippen LogP contribution < -0.4 is 0 Å². The summed E-state index contributed by atoms with van der Waals surface area (Å²) in [4.78, 5) is 3.11. The minimum absolute atomic E-state index is 0.0866. The molecule has 2 heteroatoms. The van der Waals surface area contributed by atoms with Crippen molar-refractivity contribution in [2.45, 2.75) is 6.61 Å². The molecule has 0 aliphatic heterocycles. The Bertz CT molecular complexity index is 378. The average molecular weight is 173 g/mol. The van der Waals surface area contributed by atoms with E-state index >= 15 is 0 Å². The second kappa shape index (κ2) is 3.46. The molecule has 2 nitrogen and oxygen atoms in total. The third-order valence-electron chi connectivity index (χ3n) is 2.01. The van der Waals surface area contributed by atoms with Gasteiger partial charge in [-0.05, 0) is 17.2 Å². The van der Waals surface area contributed by atoms with Crippen LogP contribution in [0.5, 0.6) is 0 Å². The highest BCUT2D eigenvalue weighted by atomic mass is 16.3. The quantitative estimate of drug-likeness (QED) is 0.717. The minimum Gasteiger partial charge on any atom is -0.392 e. The molecular weight excluding hydrogens is 162 g/mol. The Morgan fingerprint density at radius 1 is 1.15 bits per heavy atom. The van der Waals surface area contributed by atoms with Gasteiger partial charge in [0.1, 0.15) is 0 Å². The third kappa shape index (κ3) is 1.63. The second-order valence-corrected chi connectivity index (χ2v) is 2.95. The van der Waals surface area contributed by atoms with Crippen LogP contribution in [0.1, 0.15) is 5.56 Å². The molecule has 0 aliphatic carbocycles. The van der Waals surface area contributed by atoms with Crippen molar-refractivity contribution < 1.29 is 5.11 Å². The molecule has 0 aliphatic rings. The minimum atomic E-state index is 0.0866. The van der Waals surface area contributed by atoms with Gasteiger partial charge in [0.15, 0.2) is 0 Å². The molecule has 0 spiro atoms. The van der Waals surface area contributed by atoms with Crippen LogP contribution in [0.4, 0.5) is 0 Å². The van der Waals surface area contributed by atoms with Crippen LogP contribution in [0.25, 0.3) is 11.3 Å². The van der Waals surface area contributed by atoms with E-state index in [2.05, 4.69) is 4.98 Å². The summed E-state index contributed by atoms with van der Waals surface area (Å²) in [7, 11) is 0. The molecule has 0 amide bonds. The van der Waals surface area contributed by atoms with Gasteiger partial charge >= 0.3 is 0 Å². The first-order valence-corrected chi connectivity index (χ1v) is 4.24. The van der Waals surface area contributed by atoms with Crippen molar-refractivity contribution >= 4 is 0 Å². The zero-order valence-corrected chi connectivity index (χ0v) is 7.20. The summed E-state index contributed by atoms with van der Waals surface area (Å²) >= 11 is 0. The zero-order valence-electron chi connectivity index (χ0n) is 7.20. The molecule has 0 fully saturated rings. The van der Waals surface area contributed by atoms with E-state index in [4.69, 9.17) is 5.11 Å². The molecule has 13 heavy (non-hydrogen) atoms. The molecule has 1 aromatic heterocycles. The van der Waals surface area contributed by atoms with Crippen LogP contribution in [0, 0.1) is 0 Å². The van der Waals surface area contributed by atoms with E-state index in [1.165, 1.54) is 0 Å². The molecular formula is C11H11NO.